The fraction of sp³-hybridized carbons (Fsp3) is 0.115. The van der Waals surface area contributed by atoms with E-state index in [1.165, 1.54) is 66.8 Å². The first kappa shape index (κ1) is 37.5. The number of anilines is 2. The molecule has 8 aromatic carbocycles. The van der Waals surface area contributed by atoms with Gasteiger partial charge in [0.2, 0.25) is 0 Å². The van der Waals surface area contributed by atoms with Crippen LogP contribution in [0.4, 0.5) is 15.8 Å². The van der Waals surface area contributed by atoms with Gasteiger partial charge in [-0.05, 0) is 144 Å². The van der Waals surface area contributed by atoms with Gasteiger partial charge in [0.25, 0.3) is 0 Å². The van der Waals surface area contributed by atoms with Crippen LogP contribution in [0.15, 0.2) is 212 Å². The van der Waals surface area contributed by atoms with Crippen LogP contribution in [0.25, 0.3) is 50.1 Å². The molecule has 12 rings (SSSR count). The number of fused-ring (bicyclic) bond motifs is 12. The Bertz CT molecular complexity index is 3220. The largest absolute Gasteiger partial charge is 0.334 e. The zero-order valence-electron chi connectivity index (χ0n) is 35.6. The van der Waals surface area contributed by atoms with Crippen molar-refractivity contribution in [2.45, 2.75) is 43.6 Å². The van der Waals surface area contributed by atoms with Crippen LogP contribution in [-0.2, 0) is 17.3 Å². The summed E-state index contributed by atoms with van der Waals surface area (Å²) in [6.07, 6.45) is 8.44. The third kappa shape index (κ3) is 5.47. The summed E-state index contributed by atoms with van der Waals surface area (Å²) in [7, 11) is 0. The summed E-state index contributed by atoms with van der Waals surface area (Å²) >= 11 is 0. The second-order valence-electron chi connectivity index (χ2n) is 18.1. The average molecular weight is 812 g/mol. The van der Waals surface area contributed by atoms with E-state index in [4.69, 9.17) is 0 Å². The maximum absolute atomic E-state index is 15.7. The summed E-state index contributed by atoms with van der Waals surface area (Å²) in [6, 6.07) is 65.6. The van der Waals surface area contributed by atoms with Crippen molar-refractivity contribution < 1.29 is 4.39 Å². The number of hydrogen-bond acceptors (Lipinski definition) is 1. The SMILES string of the molecule is C=CCc1ccc2c(c1)C1(c3cc(F)ccc3-2)c2ccccc2-c2cccc(-c3ccc(N(c4ccc(-c5ccccc5)cc4)C4C=CC5=C(C4)C(C)(C)c4ccccc45)cc3)c21. The lowest BCUT2D eigenvalue weighted by Crippen LogP contribution is -2.33. The van der Waals surface area contributed by atoms with Crippen molar-refractivity contribution in [3.8, 4) is 44.5 Å². The topological polar surface area (TPSA) is 3.24 Å². The van der Waals surface area contributed by atoms with E-state index in [0.29, 0.717) is 0 Å². The van der Waals surface area contributed by atoms with Gasteiger partial charge >= 0.3 is 0 Å². The lowest BCUT2D eigenvalue weighted by molar-refractivity contribution is 0.585. The third-order valence-electron chi connectivity index (χ3n) is 14.5. The fourth-order valence-electron chi connectivity index (χ4n) is 11.7. The Kier molecular flexibility index (Phi) is 8.40. The smallest absolute Gasteiger partial charge is 0.123 e. The van der Waals surface area contributed by atoms with Gasteiger partial charge in [-0.3, -0.25) is 0 Å². The molecule has 63 heavy (non-hydrogen) atoms. The first-order valence-electron chi connectivity index (χ1n) is 22.2. The fourth-order valence-corrected chi connectivity index (χ4v) is 11.7. The molecular weight excluding hydrogens is 766 g/mol. The van der Waals surface area contributed by atoms with E-state index in [9.17, 15) is 0 Å². The van der Waals surface area contributed by atoms with Crippen molar-refractivity contribution >= 4 is 16.9 Å². The van der Waals surface area contributed by atoms with Crippen molar-refractivity contribution in [2.75, 3.05) is 4.90 Å². The average Bonchev–Trinajstić information content (AvgIpc) is 3.87. The molecule has 4 aliphatic rings. The number of halogens is 1. The Labute approximate surface area is 369 Å². The van der Waals surface area contributed by atoms with E-state index >= 15 is 4.39 Å². The van der Waals surface area contributed by atoms with Crippen LogP contribution in [-0.4, -0.2) is 6.04 Å². The lowest BCUT2D eigenvalue weighted by Gasteiger charge is -2.37. The van der Waals surface area contributed by atoms with Gasteiger partial charge in [0.05, 0.1) is 11.5 Å². The van der Waals surface area contributed by atoms with Crippen LogP contribution in [0, 0.1) is 5.82 Å². The first-order chi connectivity index (χ1) is 30.9. The molecule has 2 atom stereocenters. The quantitative estimate of drug-likeness (QED) is 0.145. The van der Waals surface area contributed by atoms with Gasteiger partial charge in [0, 0.05) is 16.8 Å². The van der Waals surface area contributed by atoms with E-state index in [1.807, 2.05) is 12.1 Å². The van der Waals surface area contributed by atoms with Gasteiger partial charge in [-0.2, -0.15) is 0 Å². The van der Waals surface area contributed by atoms with E-state index in [2.05, 4.69) is 201 Å². The number of benzene rings is 8. The minimum absolute atomic E-state index is 0.0598. The van der Waals surface area contributed by atoms with Gasteiger partial charge in [0.15, 0.2) is 0 Å². The highest BCUT2D eigenvalue weighted by Crippen LogP contribution is 2.65. The Balaban J connectivity index is 1.00. The summed E-state index contributed by atoms with van der Waals surface area (Å²) in [5, 5.41) is 0. The van der Waals surface area contributed by atoms with Crippen molar-refractivity contribution in [2.24, 2.45) is 0 Å². The summed E-state index contributed by atoms with van der Waals surface area (Å²) in [4.78, 5) is 2.53. The molecule has 0 saturated heterocycles. The molecule has 0 saturated carbocycles. The minimum atomic E-state index is -0.693. The Hall–Kier alpha value is -7.29. The van der Waals surface area contributed by atoms with Crippen molar-refractivity contribution in [3.05, 3.63) is 257 Å². The molecule has 0 heterocycles. The molecule has 302 valence electrons. The number of nitrogens with zero attached hydrogens (tertiary/aromatic N) is 1. The molecule has 0 bridgehead atoms. The molecule has 2 unspecified atom stereocenters. The van der Waals surface area contributed by atoms with E-state index in [-0.39, 0.29) is 17.3 Å². The van der Waals surface area contributed by atoms with Crippen LogP contribution in [0.3, 0.4) is 0 Å². The van der Waals surface area contributed by atoms with Crippen LogP contribution in [0.1, 0.15) is 59.2 Å². The van der Waals surface area contributed by atoms with Crippen LogP contribution in [0.5, 0.6) is 0 Å². The first-order valence-corrected chi connectivity index (χ1v) is 22.2. The Morgan fingerprint density at radius 2 is 1.14 bits per heavy atom. The van der Waals surface area contributed by atoms with E-state index in [0.717, 1.165) is 52.0 Å². The molecule has 1 spiro atoms. The standard InChI is InChI=1S/C61H46FN/c1-4-13-39-22-33-51-52-34-27-43(62)37-58(52)61(57(51)36-39)55-21-11-9-17-49(55)53-19-12-18-47(59(53)61)42-25-30-45(31-26-42)63(44-28-23-41(24-29-44)40-14-6-5-7-15-40)46-32-35-50-48-16-8-10-20-54(48)60(2,3)56(50)38-46/h4-12,14-37,46H,1,13,38H2,2-3H3. The highest BCUT2D eigenvalue weighted by Gasteiger charge is 2.53. The van der Waals surface area contributed by atoms with Gasteiger partial charge < -0.3 is 4.90 Å². The minimum Gasteiger partial charge on any atom is -0.334 e. The van der Waals surface area contributed by atoms with E-state index in [1.54, 1.807) is 12.1 Å². The molecule has 0 N–H and O–H groups in total. The molecule has 0 amide bonds. The highest BCUT2D eigenvalue weighted by atomic mass is 19.1. The zero-order chi connectivity index (χ0) is 42.5. The molecular formula is C61H46FN. The summed E-state index contributed by atoms with van der Waals surface area (Å²) in [6.45, 7) is 8.84. The summed E-state index contributed by atoms with van der Waals surface area (Å²) in [5.41, 5.74) is 22.3. The lowest BCUT2D eigenvalue weighted by atomic mass is 9.68. The normalized spacial score (nSPS) is 18.0. The summed E-state index contributed by atoms with van der Waals surface area (Å²) < 4.78 is 15.7. The van der Waals surface area contributed by atoms with Crippen LogP contribution >= 0.6 is 0 Å². The molecule has 8 aromatic rings. The molecule has 1 nitrogen and oxygen atoms in total. The monoisotopic (exact) mass is 811 g/mol. The van der Waals surface area contributed by atoms with Crippen molar-refractivity contribution in [1.82, 2.24) is 0 Å². The van der Waals surface area contributed by atoms with Crippen LogP contribution in [0.2, 0.25) is 0 Å². The van der Waals surface area contributed by atoms with Crippen molar-refractivity contribution in [3.63, 3.8) is 0 Å². The molecule has 0 aromatic heterocycles. The Morgan fingerprint density at radius 1 is 0.556 bits per heavy atom. The van der Waals surface area contributed by atoms with Gasteiger partial charge in [-0.15, -0.1) is 6.58 Å². The van der Waals surface area contributed by atoms with Crippen LogP contribution < -0.4 is 4.90 Å². The predicted molar refractivity (Wildman–Crippen MR) is 260 cm³/mol. The maximum atomic E-state index is 15.7. The summed E-state index contributed by atoms with van der Waals surface area (Å²) in [5.74, 6) is -0.221. The highest BCUT2D eigenvalue weighted by molar-refractivity contribution is 5.99. The second kappa shape index (κ2) is 14.1. The molecule has 2 heteroatoms. The molecule has 0 radical (unpaired) electrons. The second-order valence-corrected chi connectivity index (χ2v) is 18.1. The molecule has 4 aliphatic carbocycles. The van der Waals surface area contributed by atoms with Crippen molar-refractivity contribution in [1.29, 1.82) is 0 Å². The number of rotatable bonds is 7. The number of allylic oxidation sites excluding steroid dienone is 3. The number of hydrogen-bond donors (Lipinski definition) is 0. The maximum Gasteiger partial charge on any atom is 0.123 e. The molecule has 0 aliphatic heterocycles. The van der Waals surface area contributed by atoms with Gasteiger partial charge in [-0.25, -0.2) is 4.39 Å². The zero-order valence-corrected chi connectivity index (χ0v) is 35.6. The Morgan fingerprint density at radius 3 is 1.89 bits per heavy atom. The van der Waals surface area contributed by atoms with Gasteiger partial charge in [0.1, 0.15) is 5.82 Å². The molecule has 0 fully saturated rings. The third-order valence-corrected chi connectivity index (χ3v) is 14.5. The van der Waals surface area contributed by atoms with E-state index < -0.39 is 5.41 Å². The predicted octanol–water partition coefficient (Wildman–Crippen LogP) is 15.4. The van der Waals surface area contributed by atoms with Gasteiger partial charge in [-0.1, -0.05) is 178 Å².